The van der Waals surface area contributed by atoms with Crippen LogP contribution in [0.1, 0.15) is 5.56 Å². The first-order valence-corrected chi connectivity index (χ1v) is 3.47. The molecule has 1 aromatic carbocycles. The molecule has 3 heteroatoms. The fraction of sp³-hybridized carbons (Fsp3) is 0.125. The van der Waals surface area contributed by atoms with Gasteiger partial charge in [-0.1, -0.05) is 0 Å². The second kappa shape index (κ2) is 2.51. The van der Waals surface area contributed by atoms with Crippen molar-refractivity contribution in [2.75, 3.05) is 0 Å². The van der Waals surface area contributed by atoms with Crippen LogP contribution in [-0.4, -0.2) is 12.2 Å². The number of benzene rings is 1. The van der Waals surface area contributed by atoms with Crippen LogP contribution >= 0.6 is 0 Å². The second-order valence-electron chi connectivity index (χ2n) is 2.45. The van der Waals surface area contributed by atoms with Gasteiger partial charge in [-0.25, -0.2) is 0 Å². The summed E-state index contributed by atoms with van der Waals surface area (Å²) in [5.41, 5.74) is 1.78. The predicted octanol–water partition coefficient (Wildman–Crippen LogP) is 1.26. The summed E-state index contributed by atoms with van der Waals surface area (Å²) in [5, 5.41) is 9.84. The molecule has 1 heterocycles. The number of fused-ring (bicyclic) bond motifs is 1. The minimum absolute atomic E-state index is 0.0844. The Morgan fingerprint density at radius 1 is 1.45 bits per heavy atom. The fourth-order valence-corrected chi connectivity index (χ4v) is 1.11. The van der Waals surface area contributed by atoms with E-state index >= 15 is 0 Å². The van der Waals surface area contributed by atoms with Gasteiger partial charge in [-0.05, 0) is 0 Å². The Hall–Kier alpha value is -1.09. The molecule has 0 spiro atoms. The molecule has 0 atom stereocenters. The van der Waals surface area contributed by atoms with Gasteiger partial charge in [-0.15, -0.1) is 0 Å². The summed E-state index contributed by atoms with van der Waals surface area (Å²) in [6.07, 6.45) is 0. The van der Waals surface area contributed by atoms with Gasteiger partial charge >= 0.3 is 63.9 Å². The van der Waals surface area contributed by atoms with Crippen molar-refractivity contribution in [1.29, 1.82) is 0 Å². The maximum atomic E-state index is 8.80. The Bertz CT molecular complexity index is 367. The molecule has 2 rings (SSSR count). The van der Waals surface area contributed by atoms with Crippen molar-refractivity contribution in [3.63, 3.8) is 0 Å². The molecule has 0 saturated carbocycles. The molecule has 2 aromatic rings. The average molecular weight is 146 g/mol. The third kappa shape index (κ3) is 1.07. The molecule has 0 radical (unpaired) electrons. The van der Waals surface area contributed by atoms with Crippen molar-refractivity contribution < 1.29 is 9.44 Å². The quantitative estimate of drug-likeness (QED) is 0.656. The van der Waals surface area contributed by atoms with Crippen molar-refractivity contribution in [3.8, 4) is 0 Å². The van der Waals surface area contributed by atoms with Crippen LogP contribution < -0.4 is 0 Å². The molecule has 0 unspecified atom stereocenters. The molecule has 54 valence electrons. The zero-order valence-corrected chi connectivity index (χ0v) is 5.95. The molecular weight excluding hydrogens is 139 g/mol. The normalized spacial score (nSPS) is 10.3. The first-order chi connectivity index (χ1) is 5.40. The molecule has 0 aliphatic heterocycles. The second-order valence-corrected chi connectivity index (χ2v) is 2.45. The number of hydrogen-bond donors (Lipinski definition) is 1. The Labute approximate surface area is 64.7 Å². The van der Waals surface area contributed by atoms with E-state index in [0.29, 0.717) is 0 Å². The number of rotatable bonds is 1. The van der Waals surface area contributed by atoms with Crippen LogP contribution in [-0.2, 0) is 6.61 Å². The van der Waals surface area contributed by atoms with Gasteiger partial charge in [0.25, 0.3) is 0 Å². The molecule has 2 nitrogen and oxygen atoms in total. The minimum atomic E-state index is 0.0844. The van der Waals surface area contributed by atoms with Gasteiger partial charge in [0.15, 0.2) is 0 Å². The Morgan fingerprint density at radius 2 is 2.36 bits per heavy atom. The van der Waals surface area contributed by atoms with Crippen LogP contribution in [0.25, 0.3) is 11.0 Å². The van der Waals surface area contributed by atoms with E-state index < -0.39 is 0 Å². The van der Waals surface area contributed by atoms with Gasteiger partial charge in [-0.2, -0.15) is 0 Å². The standard InChI is InChI=1S/C8H7BO2/c10-5-6-1-2-8-7(3-6)4-9-11-8/h1-4,10H,5H2. The predicted molar refractivity (Wildman–Crippen MR) is 43.5 cm³/mol. The molecule has 0 saturated heterocycles. The summed E-state index contributed by atoms with van der Waals surface area (Å²) in [7, 11) is 1.64. The zero-order valence-electron chi connectivity index (χ0n) is 5.95. The first-order valence-electron chi connectivity index (χ1n) is 3.47. The summed E-state index contributed by atoms with van der Waals surface area (Å²) in [6.45, 7) is 0.0844. The molecule has 0 fully saturated rings. The van der Waals surface area contributed by atoms with E-state index in [0.717, 1.165) is 16.5 Å². The number of aliphatic hydroxyl groups is 1. The molecule has 0 amide bonds. The van der Waals surface area contributed by atoms with E-state index in [4.69, 9.17) is 9.44 Å². The first kappa shape index (κ1) is 6.61. The van der Waals surface area contributed by atoms with Gasteiger partial charge in [-0.3, -0.25) is 0 Å². The molecule has 1 N–H and O–H groups in total. The van der Waals surface area contributed by atoms with Crippen molar-refractivity contribution >= 4 is 18.1 Å². The Balaban J connectivity index is 2.67. The van der Waals surface area contributed by atoms with Crippen molar-refractivity contribution in [2.24, 2.45) is 0 Å². The monoisotopic (exact) mass is 146 g/mol. The molecule has 0 aliphatic rings. The summed E-state index contributed by atoms with van der Waals surface area (Å²) in [6, 6.07) is 5.63. The third-order valence-electron chi connectivity index (χ3n) is 1.70. The van der Waals surface area contributed by atoms with Gasteiger partial charge in [0, 0.05) is 0 Å². The summed E-state index contributed by atoms with van der Waals surface area (Å²) < 4.78 is 5.14. The van der Waals surface area contributed by atoms with Gasteiger partial charge in [0.05, 0.1) is 0 Å². The van der Waals surface area contributed by atoms with E-state index in [1.54, 1.807) is 7.13 Å². The van der Waals surface area contributed by atoms with Crippen LogP contribution in [0.4, 0.5) is 0 Å². The van der Waals surface area contributed by atoms with E-state index in [1.165, 1.54) is 0 Å². The Morgan fingerprint density at radius 3 is 3.18 bits per heavy atom. The van der Waals surface area contributed by atoms with E-state index in [-0.39, 0.29) is 6.61 Å². The molecular formula is C8H7BO2. The van der Waals surface area contributed by atoms with E-state index in [9.17, 15) is 0 Å². The molecule has 11 heavy (non-hydrogen) atoms. The van der Waals surface area contributed by atoms with Crippen LogP contribution in [0.15, 0.2) is 28.5 Å². The van der Waals surface area contributed by atoms with E-state index in [1.807, 2.05) is 24.2 Å². The van der Waals surface area contributed by atoms with Crippen molar-refractivity contribution in [3.05, 3.63) is 29.7 Å². The van der Waals surface area contributed by atoms with Crippen LogP contribution in [0.5, 0.6) is 0 Å². The Kier molecular flexibility index (Phi) is 1.51. The fourth-order valence-electron chi connectivity index (χ4n) is 1.11. The van der Waals surface area contributed by atoms with Gasteiger partial charge < -0.3 is 0 Å². The van der Waals surface area contributed by atoms with Crippen molar-refractivity contribution in [1.82, 2.24) is 0 Å². The van der Waals surface area contributed by atoms with Gasteiger partial charge in [0.2, 0.25) is 0 Å². The van der Waals surface area contributed by atoms with Crippen LogP contribution in [0.2, 0.25) is 0 Å². The molecule has 0 bridgehead atoms. The average Bonchev–Trinajstić information content (AvgIpc) is 2.50. The van der Waals surface area contributed by atoms with E-state index in [2.05, 4.69) is 0 Å². The maximum absolute atomic E-state index is 8.80. The van der Waals surface area contributed by atoms with Crippen LogP contribution in [0, 0.1) is 0 Å². The number of hydrogen-bond acceptors (Lipinski definition) is 2. The summed E-state index contributed by atoms with van der Waals surface area (Å²) in [4.78, 5) is 0. The molecule has 1 aromatic heterocycles. The van der Waals surface area contributed by atoms with Gasteiger partial charge in [0.1, 0.15) is 0 Å². The topological polar surface area (TPSA) is 33.4 Å². The van der Waals surface area contributed by atoms with Crippen molar-refractivity contribution in [2.45, 2.75) is 6.61 Å². The SMILES string of the molecule is OCc1ccc2obcc2c1. The third-order valence-corrected chi connectivity index (χ3v) is 1.70. The number of aliphatic hydroxyl groups excluding tert-OH is 1. The summed E-state index contributed by atoms with van der Waals surface area (Å²) >= 11 is 0. The van der Waals surface area contributed by atoms with Crippen LogP contribution in [0.3, 0.4) is 0 Å². The molecule has 0 aliphatic carbocycles. The zero-order chi connectivity index (χ0) is 7.68. The summed E-state index contributed by atoms with van der Waals surface area (Å²) in [5.74, 6) is 1.88.